The second-order valence-corrected chi connectivity index (χ2v) is 9.19. The van der Waals surface area contributed by atoms with Crippen molar-refractivity contribution >= 4 is 11.8 Å². The molecule has 0 radical (unpaired) electrons. The molecule has 1 fully saturated rings. The monoisotopic (exact) mass is 339 g/mol. The Morgan fingerprint density at radius 3 is 2.33 bits per heavy atom. The fourth-order valence-corrected chi connectivity index (χ4v) is 2.76. The molecule has 1 rings (SSSR count). The van der Waals surface area contributed by atoms with Gasteiger partial charge in [-0.25, -0.2) is 0 Å². The summed E-state index contributed by atoms with van der Waals surface area (Å²) in [5, 5.41) is 3.01. The molecule has 1 atom stereocenters. The van der Waals surface area contributed by atoms with Crippen LogP contribution in [-0.4, -0.2) is 59.9 Å². The van der Waals surface area contributed by atoms with Crippen LogP contribution in [0, 0.1) is 5.41 Å². The van der Waals surface area contributed by atoms with E-state index >= 15 is 0 Å². The first-order valence-electron chi connectivity index (χ1n) is 9.20. The summed E-state index contributed by atoms with van der Waals surface area (Å²) < 4.78 is 0. The van der Waals surface area contributed by atoms with Crippen molar-refractivity contribution in [3.8, 4) is 0 Å². The van der Waals surface area contributed by atoms with Crippen LogP contribution in [-0.2, 0) is 9.59 Å². The van der Waals surface area contributed by atoms with Crippen LogP contribution in [0.15, 0.2) is 0 Å². The first kappa shape index (κ1) is 20.9. The zero-order valence-corrected chi connectivity index (χ0v) is 16.7. The fourth-order valence-electron chi connectivity index (χ4n) is 2.76. The molecular weight excluding hydrogens is 302 g/mol. The number of carbonyl (C=O) groups is 2. The van der Waals surface area contributed by atoms with Gasteiger partial charge in [-0.15, -0.1) is 0 Å². The molecule has 5 heteroatoms. The van der Waals surface area contributed by atoms with Crippen molar-refractivity contribution in [1.29, 1.82) is 0 Å². The molecule has 0 aliphatic carbocycles. The number of likely N-dealkylation sites (tertiary alicyclic amines) is 1. The second-order valence-electron chi connectivity index (χ2n) is 9.19. The Kier molecular flexibility index (Phi) is 7.26. The van der Waals surface area contributed by atoms with Crippen molar-refractivity contribution in [2.45, 2.75) is 78.8 Å². The lowest BCUT2D eigenvalue weighted by Crippen LogP contribution is -2.47. The lowest BCUT2D eigenvalue weighted by atomic mass is 9.92. The molecule has 1 N–H and O–H groups in total. The van der Waals surface area contributed by atoms with Gasteiger partial charge in [0.1, 0.15) is 6.04 Å². The van der Waals surface area contributed by atoms with E-state index in [1.807, 2.05) is 7.05 Å². The maximum Gasteiger partial charge on any atom is 0.242 e. The summed E-state index contributed by atoms with van der Waals surface area (Å²) in [6.07, 6.45) is 3.11. The van der Waals surface area contributed by atoms with E-state index < -0.39 is 0 Å². The quantitative estimate of drug-likeness (QED) is 0.809. The summed E-state index contributed by atoms with van der Waals surface area (Å²) >= 11 is 0. The second kappa shape index (κ2) is 8.32. The Morgan fingerprint density at radius 2 is 1.79 bits per heavy atom. The van der Waals surface area contributed by atoms with E-state index in [0.717, 1.165) is 25.8 Å². The zero-order valence-electron chi connectivity index (χ0n) is 16.7. The summed E-state index contributed by atoms with van der Waals surface area (Å²) in [5.74, 6) is 0.105. The van der Waals surface area contributed by atoms with Gasteiger partial charge in [0.2, 0.25) is 11.8 Å². The normalized spacial score (nSPS) is 19.0. The van der Waals surface area contributed by atoms with Crippen LogP contribution in [0.2, 0.25) is 0 Å². The number of nitrogens with one attached hydrogen (secondary N) is 1. The highest BCUT2D eigenvalue weighted by molar-refractivity contribution is 5.88. The Bertz CT molecular complexity index is 435. The number of rotatable bonds is 6. The van der Waals surface area contributed by atoms with Crippen molar-refractivity contribution in [2.24, 2.45) is 5.41 Å². The van der Waals surface area contributed by atoms with Gasteiger partial charge in [-0.3, -0.25) is 9.59 Å². The molecule has 1 aliphatic rings. The van der Waals surface area contributed by atoms with Crippen LogP contribution in [0.4, 0.5) is 0 Å². The van der Waals surface area contributed by atoms with Crippen LogP contribution in [0.5, 0.6) is 0 Å². The molecular formula is C19H37N3O2. The van der Waals surface area contributed by atoms with Crippen LogP contribution in [0.3, 0.4) is 0 Å². The molecule has 1 unspecified atom stereocenters. The highest BCUT2D eigenvalue weighted by atomic mass is 16.2. The van der Waals surface area contributed by atoms with E-state index in [2.05, 4.69) is 51.8 Å². The molecule has 1 saturated heterocycles. The fraction of sp³-hybridized carbons (Fsp3) is 0.895. The number of amides is 2. The Balaban J connectivity index is 2.49. The molecule has 0 bridgehead atoms. The first-order valence-corrected chi connectivity index (χ1v) is 9.20. The molecule has 0 aromatic carbocycles. The van der Waals surface area contributed by atoms with Gasteiger partial charge in [0.15, 0.2) is 0 Å². The number of nitrogens with zero attached hydrogens (tertiary/aromatic N) is 2. The highest BCUT2D eigenvalue weighted by Crippen LogP contribution is 2.20. The topological polar surface area (TPSA) is 52.7 Å². The Labute approximate surface area is 148 Å². The van der Waals surface area contributed by atoms with E-state index in [0.29, 0.717) is 19.5 Å². The van der Waals surface area contributed by atoms with Gasteiger partial charge in [-0.05, 0) is 52.5 Å². The number of hydrogen-bond donors (Lipinski definition) is 1. The van der Waals surface area contributed by atoms with Gasteiger partial charge in [0, 0.05) is 31.6 Å². The standard InChI is InChI=1S/C19H37N3O2/c1-18(2,3)11-12-20-17(24)15-9-8-13-22(15)16(23)10-14-21(7)19(4,5)6/h15H,8-14H2,1-7H3,(H,20,24). The maximum absolute atomic E-state index is 12.5. The highest BCUT2D eigenvalue weighted by Gasteiger charge is 2.34. The van der Waals surface area contributed by atoms with Gasteiger partial charge >= 0.3 is 0 Å². The van der Waals surface area contributed by atoms with Crippen molar-refractivity contribution in [2.75, 3.05) is 26.7 Å². The summed E-state index contributed by atoms with van der Waals surface area (Å²) in [5.41, 5.74) is 0.255. The van der Waals surface area contributed by atoms with E-state index in [-0.39, 0.29) is 28.8 Å². The smallest absolute Gasteiger partial charge is 0.242 e. The van der Waals surface area contributed by atoms with Crippen molar-refractivity contribution < 1.29 is 9.59 Å². The van der Waals surface area contributed by atoms with E-state index in [9.17, 15) is 9.59 Å². The number of hydrogen-bond acceptors (Lipinski definition) is 3. The lowest BCUT2D eigenvalue weighted by Gasteiger charge is -2.32. The third kappa shape index (κ3) is 6.80. The van der Waals surface area contributed by atoms with Crippen molar-refractivity contribution in [1.82, 2.24) is 15.1 Å². The SMILES string of the molecule is CN(CCC(=O)N1CCCC1C(=O)NCCC(C)(C)C)C(C)(C)C. The maximum atomic E-state index is 12.5. The minimum absolute atomic E-state index is 0.00859. The van der Waals surface area contributed by atoms with Gasteiger partial charge in [0.05, 0.1) is 0 Å². The van der Waals surface area contributed by atoms with Crippen LogP contribution >= 0.6 is 0 Å². The largest absolute Gasteiger partial charge is 0.354 e. The summed E-state index contributed by atoms with van der Waals surface area (Å²) in [6, 6.07) is -0.280. The van der Waals surface area contributed by atoms with Crippen molar-refractivity contribution in [3.05, 3.63) is 0 Å². The Hall–Kier alpha value is -1.10. The van der Waals surface area contributed by atoms with E-state index in [1.54, 1.807) is 4.90 Å². The molecule has 140 valence electrons. The molecule has 0 saturated carbocycles. The molecule has 2 amide bonds. The molecule has 0 aromatic rings. The third-order valence-electron chi connectivity index (χ3n) is 4.86. The number of carbonyl (C=O) groups excluding carboxylic acids is 2. The molecule has 5 nitrogen and oxygen atoms in total. The van der Waals surface area contributed by atoms with Gasteiger partial charge in [-0.1, -0.05) is 20.8 Å². The third-order valence-corrected chi connectivity index (χ3v) is 4.86. The average molecular weight is 340 g/mol. The van der Waals surface area contributed by atoms with Gasteiger partial charge in [-0.2, -0.15) is 0 Å². The summed E-state index contributed by atoms with van der Waals surface area (Å²) in [4.78, 5) is 28.9. The minimum atomic E-state index is -0.280. The lowest BCUT2D eigenvalue weighted by molar-refractivity contribution is -0.138. The summed E-state index contributed by atoms with van der Waals surface area (Å²) in [6.45, 7) is 15.0. The van der Waals surface area contributed by atoms with E-state index in [4.69, 9.17) is 0 Å². The molecule has 0 aromatic heterocycles. The van der Waals surface area contributed by atoms with Crippen LogP contribution in [0.1, 0.15) is 67.2 Å². The molecule has 0 spiro atoms. The van der Waals surface area contributed by atoms with Gasteiger partial charge in [0.25, 0.3) is 0 Å². The Morgan fingerprint density at radius 1 is 1.17 bits per heavy atom. The predicted octanol–water partition coefficient (Wildman–Crippen LogP) is 2.65. The van der Waals surface area contributed by atoms with Crippen LogP contribution < -0.4 is 5.32 Å². The molecule has 1 aliphatic heterocycles. The molecule has 24 heavy (non-hydrogen) atoms. The minimum Gasteiger partial charge on any atom is -0.354 e. The van der Waals surface area contributed by atoms with Gasteiger partial charge < -0.3 is 15.1 Å². The zero-order chi connectivity index (χ0) is 18.5. The average Bonchev–Trinajstić information content (AvgIpc) is 2.91. The summed E-state index contributed by atoms with van der Waals surface area (Å²) in [7, 11) is 2.04. The first-order chi connectivity index (χ1) is 10.9. The molecule has 1 heterocycles. The van der Waals surface area contributed by atoms with Crippen molar-refractivity contribution in [3.63, 3.8) is 0 Å². The van der Waals surface area contributed by atoms with E-state index in [1.165, 1.54) is 0 Å². The van der Waals surface area contributed by atoms with Crippen LogP contribution in [0.25, 0.3) is 0 Å². The predicted molar refractivity (Wildman–Crippen MR) is 98.8 cm³/mol.